The molecule has 0 spiro atoms. The monoisotopic (exact) mass is 160 g/mol. The van der Waals surface area contributed by atoms with Gasteiger partial charge >= 0.3 is 0 Å². The quantitative estimate of drug-likeness (QED) is 0.493. The minimum absolute atomic E-state index is 0.0580. The lowest BCUT2D eigenvalue weighted by Crippen LogP contribution is -2.15. The van der Waals surface area contributed by atoms with Gasteiger partial charge in [0, 0.05) is 11.2 Å². The van der Waals surface area contributed by atoms with Crippen molar-refractivity contribution < 1.29 is 4.79 Å². The van der Waals surface area contributed by atoms with Crippen LogP contribution in [0.5, 0.6) is 0 Å². The highest BCUT2D eigenvalue weighted by Crippen LogP contribution is 2.23. The minimum atomic E-state index is 0.0580. The van der Waals surface area contributed by atoms with E-state index in [2.05, 4.69) is 33.4 Å². The van der Waals surface area contributed by atoms with E-state index in [1.54, 1.807) is 0 Å². The number of hydrogen-bond donors (Lipinski definition) is 1. The molecule has 0 aliphatic heterocycles. The van der Waals surface area contributed by atoms with E-state index >= 15 is 0 Å². The van der Waals surface area contributed by atoms with Gasteiger partial charge in [0.05, 0.1) is 0 Å². The van der Waals surface area contributed by atoms with E-state index < -0.39 is 0 Å². The van der Waals surface area contributed by atoms with Crippen LogP contribution in [-0.4, -0.2) is 11.0 Å². The molecule has 0 N–H and O–H groups in total. The van der Waals surface area contributed by atoms with E-state index in [0.717, 1.165) is 12.7 Å². The Labute approximate surface area is 68.6 Å². The van der Waals surface area contributed by atoms with Crippen molar-refractivity contribution in [2.24, 2.45) is 5.92 Å². The lowest BCUT2D eigenvalue weighted by atomic mass is 9.96. The highest BCUT2D eigenvalue weighted by Gasteiger charge is 2.15. The molecule has 0 aliphatic rings. The Morgan fingerprint density at radius 1 is 1.60 bits per heavy atom. The zero-order valence-electron chi connectivity index (χ0n) is 6.92. The van der Waals surface area contributed by atoms with Crippen molar-refractivity contribution >= 4 is 18.9 Å². The van der Waals surface area contributed by atoms with Gasteiger partial charge in [0.25, 0.3) is 0 Å². The maximum Gasteiger partial charge on any atom is 0.120 e. The average Bonchev–Trinajstić information content (AvgIpc) is 1.59. The normalized spacial score (nSPS) is 14.8. The van der Waals surface area contributed by atoms with Gasteiger partial charge in [-0.05, 0) is 12.3 Å². The smallest absolute Gasteiger partial charge is 0.120 e. The predicted molar refractivity (Wildman–Crippen MR) is 47.5 cm³/mol. The second-order valence-corrected chi connectivity index (χ2v) is 4.73. The summed E-state index contributed by atoms with van der Waals surface area (Å²) in [4.78, 5) is 10.1. The van der Waals surface area contributed by atoms with Crippen molar-refractivity contribution in [3.63, 3.8) is 0 Å². The molecule has 60 valence electrons. The van der Waals surface area contributed by atoms with Gasteiger partial charge in [-0.15, -0.1) is 0 Å². The first-order chi connectivity index (χ1) is 4.45. The van der Waals surface area contributed by atoms with Crippen LogP contribution in [0.25, 0.3) is 0 Å². The Morgan fingerprint density at radius 2 is 2.10 bits per heavy atom. The molecule has 0 heterocycles. The number of carbonyl (C=O) groups is 1. The largest absolute Gasteiger partial charge is 0.303 e. The van der Waals surface area contributed by atoms with E-state index in [1.807, 2.05) is 0 Å². The summed E-state index contributed by atoms with van der Waals surface area (Å²) in [5, 5.41) is 0. The Hall–Kier alpha value is 0.0200. The van der Waals surface area contributed by atoms with E-state index in [4.69, 9.17) is 0 Å². The van der Waals surface area contributed by atoms with Crippen molar-refractivity contribution in [2.75, 3.05) is 0 Å². The molecular weight excluding hydrogens is 144 g/mol. The zero-order valence-corrected chi connectivity index (χ0v) is 7.82. The fraction of sp³-hybridized carbons (Fsp3) is 0.875. The Bertz CT molecular complexity index is 104. The van der Waals surface area contributed by atoms with Crippen LogP contribution >= 0.6 is 12.6 Å². The fourth-order valence-corrected chi connectivity index (χ4v) is 1.41. The number of thiol groups is 1. The molecule has 0 aromatic rings. The molecule has 1 unspecified atom stereocenters. The molecule has 0 bridgehead atoms. The maximum atomic E-state index is 10.1. The molecule has 0 radical (unpaired) electrons. The summed E-state index contributed by atoms with van der Waals surface area (Å²) in [5.41, 5.74) is 0. The summed E-state index contributed by atoms with van der Waals surface area (Å²) in [7, 11) is 0. The molecular formula is C8H16OS. The van der Waals surface area contributed by atoms with E-state index in [-0.39, 0.29) is 4.75 Å². The van der Waals surface area contributed by atoms with Gasteiger partial charge in [0.15, 0.2) is 0 Å². The van der Waals surface area contributed by atoms with Crippen molar-refractivity contribution in [1.82, 2.24) is 0 Å². The van der Waals surface area contributed by atoms with Crippen LogP contribution < -0.4 is 0 Å². The summed E-state index contributed by atoms with van der Waals surface area (Å²) in [6.45, 7) is 6.21. The van der Waals surface area contributed by atoms with Gasteiger partial charge in [0.2, 0.25) is 0 Å². The number of aldehydes is 1. The van der Waals surface area contributed by atoms with Crippen LogP contribution in [0.3, 0.4) is 0 Å². The second kappa shape index (κ2) is 4.02. The van der Waals surface area contributed by atoms with Gasteiger partial charge < -0.3 is 4.79 Å². The summed E-state index contributed by atoms with van der Waals surface area (Å²) in [6.07, 6.45) is 2.63. The molecule has 0 saturated carbocycles. The van der Waals surface area contributed by atoms with Crippen molar-refractivity contribution in [3.05, 3.63) is 0 Å². The van der Waals surface area contributed by atoms with E-state index in [9.17, 15) is 4.79 Å². The molecule has 1 nitrogen and oxygen atoms in total. The lowest BCUT2D eigenvalue weighted by Gasteiger charge is -2.20. The molecule has 0 fully saturated rings. The van der Waals surface area contributed by atoms with Crippen molar-refractivity contribution in [3.8, 4) is 0 Å². The van der Waals surface area contributed by atoms with E-state index in [0.29, 0.717) is 12.3 Å². The SMILES string of the molecule is CC(CC=O)CC(C)(C)S. The molecule has 2 heteroatoms. The molecule has 0 aliphatic carbocycles. The minimum Gasteiger partial charge on any atom is -0.303 e. The number of rotatable bonds is 4. The van der Waals surface area contributed by atoms with Crippen molar-refractivity contribution in [1.29, 1.82) is 0 Å². The highest BCUT2D eigenvalue weighted by molar-refractivity contribution is 7.81. The molecule has 10 heavy (non-hydrogen) atoms. The van der Waals surface area contributed by atoms with Gasteiger partial charge in [-0.2, -0.15) is 12.6 Å². The standard InChI is InChI=1S/C8H16OS/c1-7(4-5-9)6-8(2,3)10/h5,7,10H,4,6H2,1-3H3. The van der Waals surface area contributed by atoms with Gasteiger partial charge in [0.1, 0.15) is 6.29 Å². The second-order valence-electron chi connectivity index (χ2n) is 3.52. The third-order valence-electron chi connectivity index (χ3n) is 1.35. The highest BCUT2D eigenvalue weighted by atomic mass is 32.1. The molecule has 0 saturated heterocycles. The molecule has 0 aromatic carbocycles. The number of carbonyl (C=O) groups excluding carboxylic acids is 1. The third kappa shape index (κ3) is 6.14. The molecule has 0 aromatic heterocycles. The zero-order chi connectivity index (χ0) is 8.20. The molecule has 1 atom stereocenters. The van der Waals surface area contributed by atoms with Gasteiger partial charge in [-0.3, -0.25) is 0 Å². The van der Waals surface area contributed by atoms with Crippen LogP contribution in [0.1, 0.15) is 33.6 Å². The summed E-state index contributed by atoms with van der Waals surface area (Å²) >= 11 is 4.37. The van der Waals surface area contributed by atoms with E-state index in [1.165, 1.54) is 0 Å². The third-order valence-corrected chi connectivity index (χ3v) is 1.53. The molecule has 0 rings (SSSR count). The Kier molecular flexibility index (Phi) is 4.02. The fourth-order valence-electron chi connectivity index (χ4n) is 1.10. The first-order valence-electron chi connectivity index (χ1n) is 3.61. The van der Waals surface area contributed by atoms with Crippen LogP contribution in [0, 0.1) is 5.92 Å². The van der Waals surface area contributed by atoms with Crippen LogP contribution in [0.15, 0.2) is 0 Å². The Morgan fingerprint density at radius 3 is 2.40 bits per heavy atom. The van der Waals surface area contributed by atoms with Gasteiger partial charge in [-0.1, -0.05) is 20.8 Å². The maximum absolute atomic E-state index is 10.1. The Balaban J connectivity index is 3.56. The van der Waals surface area contributed by atoms with Crippen LogP contribution in [0.2, 0.25) is 0 Å². The summed E-state index contributed by atoms with van der Waals surface area (Å²) < 4.78 is 0.0580. The average molecular weight is 160 g/mol. The first-order valence-corrected chi connectivity index (χ1v) is 4.06. The van der Waals surface area contributed by atoms with Crippen LogP contribution in [-0.2, 0) is 4.79 Å². The first kappa shape index (κ1) is 10.0. The predicted octanol–water partition coefficient (Wildman–Crippen LogP) is 2.31. The summed E-state index contributed by atoms with van der Waals surface area (Å²) in [6, 6.07) is 0. The van der Waals surface area contributed by atoms with Gasteiger partial charge in [-0.25, -0.2) is 0 Å². The summed E-state index contributed by atoms with van der Waals surface area (Å²) in [5.74, 6) is 0.463. The lowest BCUT2D eigenvalue weighted by molar-refractivity contribution is -0.108. The topological polar surface area (TPSA) is 17.1 Å². The van der Waals surface area contributed by atoms with Crippen molar-refractivity contribution in [2.45, 2.75) is 38.4 Å². The van der Waals surface area contributed by atoms with Crippen LogP contribution in [0.4, 0.5) is 0 Å². The molecule has 0 amide bonds. The number of hydrogen-bond acceptors (Lipinski definition) is 2.